The van der Waals surface area contributed by atoms with Crippen molar-refractivity contribution >= 4 is 34.2 Å². The average Bonchev–Trinajstić information content (AvgIpc) is 2.80. The lowest BCUT2D eigenvalue weighted by Crippen LogP contribution is -2.28. The van der Waals surface area contributed by atoms with Crippen molar-refractivity contribution in [2.45, 2.75) is 71.1 Å². The summed E-state index contributed by atoms with van der Waals surface area (Å²) in [6.07, 6.45) is 14.4. The number of halogens is 1. The number of aliphatic imine (C=N–C) groups is 1. The van der Waals surface area contributed by atoms with E-state index in [2.05, 4.69) is 23.6 Å². The minimum Gasteiger partial charge on any atom is -0.507 e. The number of carbonyl (C=O) groups excluding carboxylic acids is 1. The van der Waals surface area contributed by atoms with Gasteiger partial charge in [0.2, 0.25) is 5.12 Å². The van der Waals surface area contributed by atoms with Crippen LogP contribution in [-0.2, 0) is 6.42 Å². The minimum atomic E-state index is -0.118. The Morgan fingerprint density at radius 3 is 2.73 bits per heavy atom. The van der Waals surface area contributed by atoms with E-state index in [4.69, 9.17) is 16.6 Å². The van der Waals surface area contributed by atoms with Crippen LogP contribution in [0.3, 0.4) is 0 Å². The molecule has 3 rings (SSSR count). The summed E-state index contributed by atoms with van der Waals surface area (Å²) < 4.78 is 0. The number of benzene rings is 1. The molecule has 2 aliphatic heterocycles. The maximum Gasteiger partial charge on any atom is 0.223 e. The van der Waals surface area contributed by atoms with E-state index < -0.39 is 0 Å². The van der Waals surface area contributed by atoms with Crippen molar-refractivity contribution in [2.75, 3.05) is 25.4 Å². The van der Waals surface area contributed by atoms with Crippen molar-refractivity contribution in [3.8, 4) is 5.75 Å². The van der Waals surface area contributed by atoms with Crippen LogP contribution in [0.4, 0.5) is 0 Å². The largest absolute Gasteiger partial charge is 0.507 e. The first kappa shape index (κ1) is 25.9. The smallest absolute Gasteiger partial charge is 0.223 e. The first-order valence-electron chi connectivity index (χ1n) is 12.3. The molecule has 0 radical (unpaired) electrons. The SMILES string of the molecule is C=C(CCN=C1CCCC/C=C/CCSC(=O)c2c(O)cc(C)c(Cl)c2C1)N1CCCCC1. The van der Waals surface area contributed by atoms with Gasteiger partial charge in [-0.1, -0.05) is 42.1 Å². The van der Waals surface area contributed by atoms with Crippen LogP contribution in [0.1, 0.15) is 79.3 Å². The normalized spacial score (nSPS) is 20.8. The number of fused-ring (bicyclic) bond motifs is 1. The topological polar surface area (TPSA) is 52.9 Å². The summed E-state index contributed by atoms with van der Waals surface area (Å²) in [5.74, 6) is 0.712. The zero-order valence-corrected chi connectivity index (χ0v) is 21.4. The molecule has 0 unspecified atom stereocenters. The second kappa shape index (κ2) is 13.2. The molecular weight excluding hydrogens is 452 g/mol. The molecule has 33 heavy (non-hydrogen) atoms. The molecule has 1 N–H and O–H groups in total. The minimum absolute atomic E-state index is 0.0184. The highest BCUT2D eigenvalue weighted by molar-refractivity contribution is 8.14. The summed E-state index contributed by atoms with van der Waals surface area (Å²) in [7, 11) is 0. The fourth-order valence-corrected chi connectivity index (χ4v) is 5.52. The van der Waals surface area contributed by atoms with Crippen LogP contribution in [0.25, 0.3) is 0 Å². The molecule has 1 aromatic carbocycles. The molecule has 0 aromatic heterocycles. The Labute approximate surface area is 208 Å². The molecule has 0 aliphatic carbocycles. The van der Waals surface area contributed by atoms with Crippen LogP contribution in [-0.4, -0.2) is 46.2 Å². The van der Waals surface area contributed by atoms with Gasteiger partial charge in [0.15, 0.2) is 0 Å². The molecule has 4 nitrogen and oxygen atoms in total. The number of carbonyl (C=O) groups is 1. The van der Waals surface area contributed by atoms with E-state index >= 15 is 0 Å². The molecule has 1 fully saturated rings. The third-order valence-corrected chi connectivity index (χ3v) is 7.85. The molecule has 1 aromatic rings. The summed E-state index contributed by atoms with van der Waals surface area (Å²) in [5, 5.41) is 11.1. The van der Waals surface area contributed by atoms with Gasteiger partial charge in [0.1, 0.15) is 5.75 Å². The highest BCUT2D eigenvalue weighted by atomic mass is 35.5. The number of phenolic OH excluding ortho intramolecular Hbond substituents is 1. The molecule has 0 atom stereocenters. The predicted molar refractivity (Wildman–Crippen MR) is 142 cm³/mol. The van der Waals surface area contributed by atoms with Gasteiger partial charge in [0, 0.05) is 54.7 Å². The van der Waals surface area contributed by atoms with E-state index in [1.807, 2.05) is 6.92 Å². The lowest BCUT2D eigenvalue weighted by atomic mass is 9.96. The van der Waals surface area contributed by atoms with Crippen LogP contribution in [0.5, 0.6) is 5.75 Å². The van der Waals surface area contributed by atoms with E-state index in [0.717, 1.165) is 62.9 Å². The number of hydrogen-bond donors (Lipinski definition) is 1. The number of allylic oxidation sites excluding steroid dienone is 2. The van der Waals surface area contributed by atoms with Gasteiger partial charge in [0.25, 0.3) is 0 Å². The number of hydrogen-bond acceptors (Lipinski definition) is 5. The Hall–Kier alpha value is -1.72. The van der Waals surface area contributed by atoms with Crippen molar-refractivity contribution in [3.63, 3.8) is 0 Å². The first-order chi connectivity index (χ1) is 16.0. The van der Waals surface area contributed by atoms with E-state index in [-0.39, 0.29) is 10.9 Å². The van der Waals surface area contributed by atoms with Crippen molar-refractivity contribution < 1.29 is 9.90 Å². The third kappa shape index (κ3) is 7.65. The number of phenols is 1. The number of aromatic hydroxyl groups is 1. The Morgan fingerprint density at radius 1 is 1.18 bits per heavy atom. The highest BCUT2D eigenvalue weighted by Crippen LogP contribution is 2.35. The second-order valence-corrected chi connectivity index (χ2v) is 10.5. The third-order valence-electron chi connectivity index (χ3n) is 6.42. The lowest BCUT2D eigenvalue weighted by Gasteiger charge is -2.30. The van der Waals surface area contributed by atoms with Crippen molar-refractivity contribution in [3.05, 3.63) is 52.2 Å². The summed E-state index contributed by atoms with van der Waals surface area (Å²) in [6, 6.07) is 1.60. The Kier molecular flexibility index (Phi) is 10.4. The molecule has 1 saturated heterocycles. The second-order valence-electron chi connectivity index (χ2n) is 9.01. The quantitative estimate of drug-likeness (QED) is 0.458. The van der Waals surface area contributed by atoms with Gasteiger partial charge in [0.05, 0.1) is 5.56 Å². The van der Waals surface area contributed by atoms with Gasteiger partial charge in [-0.2, -0.15) is 0 Å². The number of thioether (sulfide) groups is 1. The van der Waals surface area contributed by atoms with Crippen LogP contribution >= 0.6 is 23.4 Å². The van der Waals surface area contributed by atoms with Crippen LogP contribution in [0.15, 0.2) is 35.5 Å². The summed E-state index contributed by atoms with van der Waals surface area (Å²) in [6.45, 7) is 9.06. The van der Waals surface area contributed by atoms with E-state index in [0.29, 0.717) is 34.9 Å². The standard InChI is InChI=1S/C27H37ClN2O2S/c1-20-18-24(31)25-23(26(20)28)19-22(12-8-5-3-4-6-11-17-33-27(25)32)29-14-13-21(2)30-15-9-7-10-16-30/h4,6,18,31H,2-3,5,7-17,19H2,1H3/b6-4+,29-22?. The van der Waals surface area contributed by atoms with Crippen molar-refractivity contribution in [1.82, 2.24) is 4.90 Å². The molecule has 2 heterocycles. The molecule has 6 heteroatoms. The molecule has 0 bridgehead atoms. The molecule has 0 saturated carbocycles. The fraction of sp³-hybridized carbons (Fsp3) is 0.556. The van der Waals surface area contributed by atoms with Gasteiger partial charge in [-0.3, -0.25) is 9.79 Å². The van der Waals surface area contributed by atoms with Crippen LogP contribution < -0.4 is 0 Å². The van der Waals surface area contributed by atoms with E-state index in [1.54, 1.807) is 6.07 Å². The predicted octanol–water partition coefficient (Wildman–Crippen LogP) is 7.12. The molecular formula is C27H37ClN2O2S. The number of nitrogens with zero attached hydrogens (tertiary/aromatic N) is 2. The zero-order valence-electron chi connectivity index (χ0n) is 19.9. The highest BCUT2D eigenvalue weighted by Gasteiger charge is 2.22. The van der Waals surface area contributed by atoms with Crippen LogP contribution in [0, 0.1) is 6.92 Å². The molecule has 0 spiro atoms. The number of likely N-dealkylation sites (tertiary alicyclic amines) is 1. The summed E-state index contributed by atoms with van der Waals surface area (Å²) in [4.78, 5) is 20.4. The number of piperidine rings is 1. The number of rotatable bonds is 4. The Bertz CT molecular complexity index is 904. The number of aryl methyl sites for hydroxylation is 1. The van der Waals surface area contributed by atoms with Gasteiger partial charge in [-0.25, -0.2) is 0 Å². The Balaban J connectivity index is 1.82. The maximum absolute atomic E-state index is 13.0. The van der Waals surface area contributed by atoms with Crippen molar-refractivity contribution in [1.29, 1.82) is 0 Å². The van der Waals surface area contributed by atoms with Crippen molar-refractivity contribution in [2.24, 2.45) is 4.99 Å². The maximum atomic E-state index is 13.0. The average molecular weight is 489 g/mol. The Morgan fingerprint density at radius 2 is 1.94 bits per heavy atom. The monoisotopic (exact) mass is 488 g/mol. The van der Waals surface area contributed by atoms with Gasteiger partial charge < -0.3 is 10.0 Å². The van der Waals surface area contributed by atoms with E-state index in [9.17, 15) is 9.90 Å². The van der Waals surface area contributed by atoms with E-state index in [1.165, 1.54) is 36.7 Å². The molecule has 0 amide bonds. The summed E-state index contributed by atoms with van der Waals surface area (Å²) in [5.41, 5.74) is 4.07. The first-order valence-corrected chi connectivity index (χ1v) is 13.6. The fourth-order valence-electron chi connectivity index (χ4n) is 4.49. The van der Waals surface area contributed by atoms with Gasteiger partial charge in [-0.05, 0) is 75.5 Å². The zero-order chi connectivity index (χ0) is 23.6. The molecule has 2 aliphatic rings. The summed E-state index contributed by atoms with van der Waals surface area (Å²) >= 11 is 7.94. The van der Waals surface area contributed by atoms with Gasteiger partial charge in [-0.15, -0.1) is 0 Å². The molecule has 180 valence electrons. The lowest BCUT2D eigenvalue weighted by molar-refractivity contribution is 0.108. The van der Waals surface area contributed by atoms with Crippen LogP contribution in [0.2, 0.25) is 5.02 Å². The van der Waals surface area contributed by atoms with Gasteiger partial charge >= 0.3 is 0 Å².